The quantitative estimate of drug-likeness (QED) is 0.265. The fraction of sp³-hybridized carbons (Fsp3) is 0.857. The molecule has 6 heteroatoms. The second-order valence-corrected chi connectivity index (χ2v) is 3.27. The van der Waals surface area contributed by atoms with Crippen LogP contribution in [-0.2, 0) is 0 Å². The minimum atomic E-state index is -2.55. The molecule has 1 fully saturated rings. The Morgan fingerprint density at radius 1 is 1.69 bits per heavy atom. The molecule has 0 aromatic rings. The van der Waals surface area contributed by atoms with Crippen molar-refractivity contribution < 1.29 is 14.0 Å². The molecule has 0 aliphatic heterocycles. The van der Waals surface area contributed by atoms with Crippen LogP contribution in [0.5, 0.6) is 0 Å². The van der Waals surface area contributed by atoms with E-state index in [1.165, 1.54) is 0 Å². The lowest BCUT2D eigenvalue weighted by atomic mass is 10.2. The van der Waals surface area contributed by atoms with Crippen LogP contribution in [0.1, 0.15) is 19.3 Å². The molecule has 13 heavy (non-hydrogen) atoms. The summed E-state index contributed by atoms with van der Waals surface area (Å²) >= 11 is 0. The number of hydrogen-bond donors (Lipinski definition) is 3. The van der Waals surface area contributed by atoms with Crippen LogP contribution >= 0.6 is 0 Å². The number of nitrogens with zero attached hydrogens (tertiary/aromatic N) is 1. The molecular weight excluding hydrogens is 180 g/mol. The number of halogens is 2. The Morgan fingerprint density at radius 2 is 2.38 bits per heavy atom. The molecule has 1 saturated carbocycles. The van der Waals surface area contributed by atoms with Gasteiger partial charge in [0.15, 0.2) is 5.84 Å². The maximum atomic E-state index is 12.6. The zero-order chi connectivity index (χ0) is 9.90. The molecule has 0 bridgehead atoms. The monoisotopic (exact) mass is 193 g/mol. The van der Waals surface area contributed by atoms with Crippen molar-refractivity contribution in [3.05, 3.63) is 0 Å². The lowest BCUT2D eigenvalue weighted by Crippen LogP contribution is -2.36. The Hall–Kier alpha value is -0.910. The van der Waals surface area contributed by atoms with Gasteiger partial charge < -0.3 is 16.3 Å². The average Bonchev–Trinajstić information content (AvgIpc) is 2.41. The molecule has 0 aromatic carbocycles. The van der Waals surface area contributed by atoms with Crippen molar-refractivity contribution in [2.75, 3.05) is 6.54 Å². The molecule has 1 aliphatic carbocycles. The summed E-state index contributed by atoms with van der Waals surface area (Å²) in [4.78, 5) is 0. The van der Waals surface area contributed by atoms with Crippen LogP contribution in [0.15, 0.2) is 5.16 Å². The Labute approximate surface area is 74.8 Å². The van der Waals surface area contributed by atoms with E-state index in [1.54, 1.807) is 0 Å². The van der Waals surface area contributed by atoms with Gasteiger partial charge in [0.1, 0.15) is 0 Å². The molecule has 0 aromatic heterocycles. The third-order valence-corrected chi connectivity index (χ3v) is 2.10. The van der Waals surface area contributed by atoms with Crippen molar-refractivity contribution in [3.8, 4) is 0 Å². The number of alkyl halides is 2. The number of nitrogens with one attached hydrogen (secondary N) is 1. The fourth-order valence-corrected chi connectivity index (χ4v) is 1.41. The van der Waals surface area contributed by atoms with E-state index in [-0.39, 0.29) is 31.3 Å². The van der Waals surface area contributed by atoms with Crippen LogP contribution in [0.2, 0.25) is 0 Å². The third kappa shape index (κ3) is 3.14. The van der Waals surface area contributed by atoms with Gasteiger partial charge >= 0.3 is 0 Å². The Balaban J connectivity index is 2.25. The second kappa shape index (κ2) is 3.87. The van der Waals surface area contributed by atoms with E-state index in [1.807, 2.05) is 0 Å². The van der Waals surface area contributed by atoms with Crippen LogP contribution in [-0.4, -0.2) is 29.6 Å². The van der Waals surface area contributed by atoms with Crippen molar-refractivity contribution in [1.29, 1.82) is 0 Å². The number of amidine groups is 1. The van der Waals surface area contributed by atoms with Gasteiger partial charge in [-0.2, -0.15) is 0 Å². The lowest BCUT2D eigenvalue weighted by Gasteiger charge is -2.11. The third-order valence-electron chi connectivity index (χ3n) is 2.10. The van der Waals surface area contributed by atoms with Crippen LogP contribution in [0.25, 0.3) is 0 Å². The summed E-state index contributed by atoms with van der Waals surface area (Å²) in [6.45, 7) is 0.150. The highest BCUT2D eigenvalue weighted by molar-refractivity contribution is 5.81. The molecule has 0 heterocycles. The first kappa shape index (κ1) is 10.2. The molecule has 0 spiro atoms. The lowest BCUT2D eigenvalue weighted by molar-refractivity contribution is 0.00706. The highest BCUT2D eigenvalue weighted by atomic mass is 19.3. The van der Waals surface area contributed by atoms with Gasteiger partial charge in [-0.05, 0) is 6.42 Å². The summed E-state index contributed by atoms with van der Waals surface area (Å²) in [5.41, 5.74) is 5.17. The average molecular weight is 193 g/mol. The summed E-state index contributed by atoms with van der Waals surface area (Å²) < 4.78 is 25.3. The summed E-state index contributed by atoms with van der Waals surface area (Å²) in [6.07, 6.45) is 0.193. The normalized spacial score (nSPS) is 27.8. The highest BCUT2D eigenvalue weighted by Crippen LogP contribution is 2.34. The molecule has 1 atom stereocenters. The molecule has 4 nitrogen and oxygen atoms in total. The Bertz CT molecular complexity index is 208. The summed E-state index contributed by atoms with van der Waals surface area (Å²) in [5.74, 6) is -2.54. The van der Waals surface area contributed by atoms with Crippen LogP contribution in [0.3, 0.4) is 0 Å². The van der Waals surface area contributed by atoms with Gasteiger partial charge in [0.25, 0.3) is 0 Å². The molecule has 76 valence electrons. The molecule has 1 aliphatic rings. The largest absolute Gasteiger partial charge is 0.409 e. The van der Waals surface area contributed by atoms with Crippen molar-refractivity contribution in [3.63, 3.8) is 0 Å². The van der Waals surface area contributed by atoms with E-state index < -0.39 is 5.92 Å². The number of rotatable bonds is 3. The minimum Gasteiger partial charge on any atom is -0.409 e. The first-order valence-electron chi connectivity index (χ1n) is 4.11. The Morgan fingerprint density at radius 3 is 2.85 bits per heavy atom. The van der Waals surface area contributed by atoms with E-state index in [9.17, 15) is 8.78 Å². The standard InChI is InChI=1S/C7H13F2N3O/c8-7(9)2-1-5(3-7)11-4-6(10)12-13/h5,11,13H,1-4H2,(H2,10,12). The van der Waals surface area contributed by atoms with Gasteiger partial charge in [0, 0.05) is 18.9 Å². The second-order valence-electron chi connectivity index (χ2n) is 3.27. The first-order valence-corrected chi connectivity index (χ1v) is 4.11. The van der Waals surface area contributed by atoms with Crippen LogP contribution in [0, 0.1) is 0 Å². The predicted molar refractivity (Wildman–Crippen MR) is 44.0 cm³/mol. The van der Waals surface area contributed by atoms with Crippen molar-refractivity contribution >= 4 is 5.84 Å². The minimum absolute atomic E-state index is 0.00946. The molecule has 1 unspecified atom stereocenters. The number of hydrogen-bond acceptors (Lipinski definition) is 3. The van der Waals surface area contributed by atoms with Crippen molar-refractivity contribution in [2.24, 2.45) is 10.9 Å². The van der Waals surface area contributed by atoms with Crippen molar-refractivity contribution in [2.45, 2.75) is 31.2 Å². The van der Waals surface area contributed by atoms with E-state index in [0.717, 1.165) is 0 Å². The molecule has 0 radical (unpaired) electrons. The zero-order valence-corrected chi connectivity index (χ0v) is 7.13. The van der Waals surface area contributed by atoms with E-state index in [4.69, 9.17) is 10.9 Å². The predicted octanol–water partition coefficient (Wildman–Crippen LogP) is 0.510. The Kier molecular flexibility index (Phi) is 3.02. The molecule has 0 saturated heterocycles. The molecule has 4 N–H and O–H groups in total. The topological polar surface area (TPSA) is 70.6 Å². The van der Waals surface area contributed by atoms with Gasteiger partial charge in [-0.25, -0.2) is 8.78 Å². The van der Waals surface area contributed by atoms with Crippen LogP contribution < -0.4 is 11.1 Å². The fourth-order valence-electron chi connectivity index (χ4n) is 1.41. The zero-order valence-electron chi connectivity index (χ0n) is 7.13. The van der Waals surface area contributed by atoms with E-state index in [2.05, 4.69) is 10.5 Å². The van der Waals surface area contributed by atoms with Gasteiger partial charge in [0.2, 0.25) is 5.92 Å². The number of oxime groups is 1. The van der Waals surface area contributed by atoms with Gasteiger partial charge in [-0.3, -0.25) is 0 Å². The molecular formula is C7H13F2N3O. The maximum Gasteiger partial charge on any atom is 0.249 e. The molecule has 0 amide bonds. The summed E-state index contributed by atoms with van der Waals surface area (Å²) in [7, 11) is 0. The van der Waals surface area contributed by atoms with Gasteiger partial charge in [-0.1, -0.05) is 5.16 Å². The number of nitrogens with two attached hydrogens (primary N) is 1. The van der Waals surface area contributed by atoms with E-state index in [0.29, 0.717) is 6.42 Å². The van der Waals surface area contributed by atoms with Gasteiger partial charge in [0.05, 0.1) is 6.54 Å². The van der Waals surface area contributed by atoms with Crippen LogP contribution in [0.4, 0.5) is 8.78 Å². The maximum absolute atomic E-state index is 12.6. The highest BCUT2D eigenvalue weighted by Gasteiger charge is 2.39. The summed E-state index contributed by atoms with van der Waals surface area (Å²) in [6, 6.07) is -0.227. The molecule has 1 rings (SSSR count). The first-order chi connectivity index (χ1) is 6.03. The van der Waals surface area contributed by atoms with E-state index >= 15 is 0 Å². The summed E-state index contributed by atoms with van der Waals surface area (Å²) in [5, 5.41) is 13.7. The van der Waals surface area contributed by atoms with Gasteiger partial charge in [-0.15, -0.1) is 0 Å². The smallest absolute Gasteiger partial charge is 0.249 e. The van der Waals surface area contributed by atoms with Crippen molar-refractivity contribution in [1.82, 2.24) is 5.32 Å². The SMILES string of the molecule is N/C(CNC1CCC(F)(F)C1)=N\O.